The summed E-state index contributed by atoms with van der Waals surface area (Å²) in [5, 5.41) is 16.5. The van der Waals surface area contributed by atoms with Gasteiger partial charge in [0.05, 0.1) is 24.4 Å². The first-order valence-electron chi connectivity index (χ1n) is 16.5. The molecule has 0 saturated heterocycles. The smallest absolute Gasteiger partial charge is 0.407 e. The van der Waals surface area contributed by atoms with E-state index < -0.39 is 47.2 Å². The van der Waals surface area contributed by atoms with Gasteiger partial charge in [0.2, 0.25) is 0 Å². The predicted octanol–water partition coefficient (Wildman–Crippen LogP) is 6.55. The topological polar surface area (TPSA) is 118 Å². The van der Waals surface area contributed by atoms with Crippen LogP contribution in [0.5, 0.6) is 0 Å². The van der Waals surface area contributed by atoms with E-state index in [1.165, 1.54) is 14.0 Å². The SMILES string of the molecule is CNc1ccc(COC(=O)N[C@H](CCN(C(=O)[C@H](C)O)[C@@H](c2nc(-c3cc(F)ccc3F)cn2Cc2ccccc2)C(C)(C)C)COC)cc1. The number of anilines is 1. The third-order valence-electron chi connectivity index (χ3n) is 8.25. The van der Waals surface area contributed by atoms with Crippen LogP contribution in [0.15, 0.2) is 79.0 Å². The second-order valence-electron chi connectivity index (χ2n) is 13.3. The van der Waals surface area contributed by atoms with E-state index in [-0.39, 0.29) is 37.4 Å². The van der Waals surface area contributed by atoms with Gasteiger partial charge in [-0.05, 0) is 60.2 Å². The third kappa shape index (κ3) is 10.1. The highest BCUT2D eigenvalue weighted by Crippen LogP contribution is 2.40. The zero-order valence-corrected chi connectivity index (χ0v) is 29.5. The Kier molecular flexibility index (Phi) is 13.1. The molecule has 10 nitrogen and oxygen atoms in total. The molecule has 2 amide bonds. The quantitative estimate of drug-likeness (QED) is 0.130. The van der Waals surface area contributed by atoms with Gasteiger partial charge in [-0.15, -0.1) is 0 Å². The van der Waals surface area contributed by atoms with Crippen molar-refractivity contribution in [1.82, 2.24) is 19.8 Å². The number of amides is 2. The largest absolute Gasteiger partial charge is 0.445 e. The first kappa shape index (κ1) is 38.0. The van der Waals surface area contributed by atoms with E-state index in [0.29, 0.717) is 12.4 Å². The van der Waals surface area contributed by atoms with E-state index in [1.807, 2.05) is 87.0 Å². The minimum absolute atomic E-state index is 0.0139. The number of methoxy groups -OCH3 is 1. The molecule has 268 valence electrons. The number of carbonyl (C=O) groups excluding carboxylic acids is 2. The van der Waals surface area contributed by atoms with Gasteiger partial charge in [0.15, 0.2) is 0 Å². The maximum absolute atomic E-state index is 15.0. The average molecular weight is 692 g/mol. The van der Waals surface area contributed by atoms with E-state index in [0.717, 1.165) is 35.0 Å². The summed E-state index contributed by atoms with van der Waals surface area (Å²) in [5.74, 6) is -1.38. The monoisotopic (exact) mass is 691 g/mol. The van der Waals surface area contributed by atoms with Crippen molar-refractivity contribution in [3.63, 3.8) is 0 Å². The molecule has 1 aromatic heterocycles. The van der Waals surface area contributed by atoms with Crippen LogP contribution in [0.25, 0.3) is 11.3 Å². The summed E-state index contributed by atoms with van der Waals surface area (Å²) in [6.07, 6.45) is -0.103. The number of nitrogens with zero attached hydrogens (tertiary/aromatic N) is 3. The fraction of sp³-hybridized carbons (Fsp3) is 0.395. The summed E-state index contributed by atoms with van der Waals surface area (Å²) >= 11 is 0. The number of imidazole rings is 1. The Morgan fingerprint density at radius 1 is 1.02 bits per heavy atom. The first-order valence-corrected chi connectivity index (χ1v) is 16.5. The minimum atomic E-state index is -1.36. The molecule has 3 atom stereocenters. The Labute approximate surface area is 292 Å². The van der Waals surface area contributed by atoms with E-state index in [9.17, 15) is 19.1 Å². The highest BCUT2D eigenvalue weighted by Gasteiger charge is 2.39. The molecule has 4 rings (SSSR count). The molecule has 50 heavy (non-hydrogen) atoms. The van der Waals surface area contributed by atoms with Crippen LogP contribution >= 0.6 is 0 Å². The van der Waals surface area contributed by atoms with Crippen LogP contribution in [0, 0.1) is 17.0 Å². The molecule has 12 heteroatoms. The van der Waals surface area contributed by atoms with Gasteiger partial charge in [-0.1, -0.05) is 63.2 Å². The van der Waals surface area contributed by atoms with Crippen LogP contribution in [0.1, 0.15) is 57.1 Å². The number of rotatable bonds is 15. The number of halogens is 2. The summed E-state index contributed by atoms with van der Waals surface area (Å²) in [5.41, 5.74) is 2.21. The van der Waals surface area contributed by atoms with Crippen molar-refractivity contribution < 1.29 is 33.0 Å². The number of nitrogens with one attached hydrogen (secondary N) is 2. The molecular weight excluding hydrogens is 644 g/mol. The Bertz CT molecular complexity index is 1710. The number of ether oxygens (including phenoxy) is 2. The third-order valence-corrected chi connectivity index (χ3v) is 8.25. The molecule has 0 spiro atoms. The number of hydrogen-bond acceptors (Lipinski definition) is 7. The summed E-state index contributed by atoms with van der Waals surface area (Å²) < 4.78 is 42.0. The van der Waals surface area contributed by atoms with Gasteiger partial charge in [-0.3, -0.25) is 4.79 Å². The lowest BCUT2D eigenvalue weighted by molar-refractivity contribution is -0.145. The van der Waals surface area contributed by atoms with Crippen LogP contribution < -0.4 is 10.6 Å². The maximum Gasteiger partial charge on any atom is 0.407 e. The molecule has 0 aliphatic carbocycles. The number of aliphatic hydroxyl groups excluding tert-OH is 1. The van der Waals surface area contributed by atoms with Crippen molar-refractivity contribution in [2.45, 2.75) is 65.5 Å². The molecule has 0 aliphatic heterocycles. The van der Waals surface area contributed by atoms with Crippen molar-refractivity contribution in [2.75, 3.05) is 32.6 Å². The van der Waals surface area contributed by atoms with Crippen LogP contribution in [0.2, 0.25) is 0 Å². The summed E-state index contributed by atoms with van der Waals surface area (Å²) in [6, 6.07) is 18.9. The van der Waals surface area contributed by atoms with Crippen LogP contribution in [-0.4, -0.2) is 71.0 Å². The summed E-state index contributed by atoms with van der Waals surface area (Å²) in [6.45, 7) is 7.83. The van der Waals surface area contributed by atoms with Crippen molar-refractivity contribution >= 4 is 17.7 Å². The molecule has 0 fully saturated rings. The molecule has 0 saturated carbocycles. The highest BCUT2D eigenvalue weighted by atomic mass is 19.1. The van der Waals surface area contributed by atoms with E-state index in [1.54, 1.807) is 11.1 Å². The van der Waals surface area contributed by atoms with E-state index >= 15 is 4.39 Å². The molecule has 0 unspecified atom stereocenters. The number of carbonyl (C=O) groups is 2. The van der Waals surface area contributed by atoms with Crippen molar-refractivity contribution in [3.8, 4) is 11.3 Å². The van der Waals surface area contributed by atoms with Crippen LogP contribution in [-0.2, 0) is 27.4 Å². The van der Waals surface area contributed by atoms with Gasteiger partial charge in [0.25, 0.3) is 5.91 Å². The molecule has 1 heterocycles. The molecule has 0 aliphatic rings. The summed E-state index contributed by atoms with van der Waals surface area (Å²) in [7, 11) is 3.33. The lowest BCUT2D eigenvalue weighted by Crippen LogP contribution is -2.48. The van der Waals surface area contributed by atoms with Gasteiger partial charge in [-0.25, -0.2) is 18.6 Å². The number of aliphatic hydroxyl groups is 1. The predicted molar refractivity (Wildman–Crippen MR) is 188 cm³/mol. The van der Waals surface area contributed by atoms with E-state index in [4.69, 9.17) is 14.5 Å². The Balaban J connectivity index is 1.66. The molecule has 0 bridgehead atoms. The van der Waals surface area contributed by atoms with Crippen LogP contribution in [0.4, 0.5) is 19.3 Å². The first-order chi connectivity index (χ1) is 23.8. The molecule has 3 aromatic carbocycles. The lowest BCUT2D eigenvalue weighted by atomic mass is 9.84. The normalized spacial score (nSPS) is 13.3. The van der Waals surface area contributed by atoms with Crippen molar-refractivity contribution in [2.24, 2.45) is 5.41 Å². The summed E-state index contributed by atoms with van der Waals surface area (Å²) in [4.78, 5) is 33.1. The zero-order chi connectivity index (χ0) is 36.4. The van der Waals surface area contributed by atoms with Crippen LogP contribution in [0.3, 0.4) is 0 Å². The van der Waals surface area contributed by atoms with Crippen molar-refractivity contribution in [3.05, 3.63) is 108 Å². The molecule has 3 N–H and O–H groups in total. The average Bonchev–Trinajstić information content (AvgIpc) is 3.48. The minimum Gasteiger partial charge on any atom is -0.445 e. The van der Waals surface area contributed by atoms with Crippen molar-refractivity contribution in [1.29, 1.82) is 0 Å². The zero-order valence-electron chi connectivity index (χ0n) is 29.5. The number of alkyl carbamates (subject to hydrolysis) is 1. The van der Waals surface area contributed by atoms with Gasteiger partial charge < -0.3 is 34.7 Å². The highest BCUT2D eigenvalue weighted by molar-refractivity contribution is 5.80. The fourth-order valence-electron chi connectivity index (χ4n) is 5.80. The lowest BCUT2D eigenvalue weighted by Gasteiger charge is -2.41. The number of aromatic nitrogens is 2. The second-order valence-corrected chi connectivity index (χ2v) is 13.3. The van der Waals surface area contributed by atoms with Gasteiger partial charge >= 0.3 is 6.09 Å². The standard InChI is InChI=1S/C38H47F2N5O5/c1-25(46)36(47)45(19-18-30(24-49-6)42-37(48)50-23-27-12-15-29(41-5)16-13-27)34(38(2,3)4)35-43-33(31-20-28(39)14-17-32(31)40)22-44(35)21-26-10-8-7-9-11-26/h7-17,20,22,25,30,34,41,46H,18-19,21,23-24H2,1-6H3,(H,42,48)/t25-,30+,34-/m0/s1. The molecule has 4 aromatic rings. The molecule has 0 radical (unpaired) electrons. The number of hydrogen-bond donors (Lipinski definition) is 3. The molecular formula is C38H47F2N5O5. The van der Waals surface area contributed by atoms with Gasteiger partial charge in [0, 0.05) is 44.7 Å². The van der Waals surface area contributed by atoms with E-state index in [2.05, 4.69) is 10.6 Å². The van der Waals surface area contributed by atoms with Gasteiger partial charge in [-0.2, -0.15) is 0 Å². The Morgan fingerprint density at radius 2 is 1.72 bits per heavy atom. The Morgan fingerprint density at radius 3 is 2.34 bits per heavy atom. The number of benzene rings is 3. The van der Waals surface area contributed by atoms with Gasteiger partial charge in [0.1, 0.15) is 30.2 Å². The fourth-order valence-corrected chi connectivity index (χ4v) is 5.80. The second kappa shape index (κ2) is 17.2. The Hall–Kier alpha value is -4.81. The maximum atomic E-state index is 15.0.